The van der Waals surface area contributed by atoms with Crippen molar-refractivity contribution in [3.63, 3.8) is 0 Å². The van der Waals surface area contributed by atoms with Gasteiger partial charge in [0.25, 0.3) is 0 Å². The number of hydrogen-bond acceptors (Lipinski definition) is 7. The molecular weight excluding hydrogens is 495 g/mol. The zero-order chi connectivity index (χ0) is 26.5. The summed E-state index contributed by atoms with van der Waals surface area (Å²) in [5.74, 6) is -1.70. The molecule has 0 spiro atoms. The van der Waals surface area contributed by atoms with Crippen molar-refractivity contribution in [2.75, 3.05) is 57.1 Å². The van der Waals surface area contributed by atoms with E-state index in [4.69, 9.17) is 9.47 Å². The summed E-state index contributed by atoms with van der Waals surface area (Å²) < 4.78 is 53.5. The predicted molar refractivity (Wildman–Crippen MR) is 141 cm³/mol. The average molecular weight is 524 g/mol. The van der Waals surface area contributed by atoms with Gasteiger partial charge in [-0.05, 0) is 30.2 Å². The highest BCUT2D eigenvalue weighted by Gasteiger charge is 2.16. The van der Waals surface area contributed by atoms with Crippen molar-refractivity contribution in [1.82, 2.24) is 14.9 Å². The van der Waals surface area contributed by atoms with Crippen LogP contribution in [0.2, 0.25) is 0 Å². The van der Waals surface area contributed by atoms with E-state index < -0.39 is 17.5 Å². The molecule has 0 atom stereocenters. The van der Waals surface area contributed by atoms with Crippen LogP contribution in [0.1, 0.15) is 6.42 Å². The summed E-state index contributed by atoms with van der Waals surface area (Å²) in [7, 11) is 1.81. The minimum atomic E-state index is -0.969. The van der Waals surface area contributed by atoms with E-state index in [-0.39, 0.29) is 11.1 Å². The van der Waals surface area contributed by atoms with E-state index in [1.165, 1.54) is 6.33 Å². The summed E-state index contributed by atoms with van der Waals surface area (Å²) in [4.78, 5) is 11.1. The second-order valence-electron chi connectivity index (χ2n) is 8.94. The number of benzene rings is 3. The lowest BCUT2D eigenvalue weighted by Crippen LogP contribution is -2.37. The van der Waals surface area contributed by atoms with Crippen molar-refractivity contribution in [2.24, 2.45) is 0 Å². The van der Waals surface area contributed by atoms with Crippen LogP contribution in [0.5, 0.6) is 5.75 Å². The molecule has 0 radical (unpaired) electrons. The standard InChI is InChI=1S/C28H28F3N5O2/c1-32-25-15-21-24(16-26(25)38-9-3-6-36-7-10-37-11-8-36)33-17-34-28(21)35-20-5-2-4-18(12-20)27-22(30)13-19(29)14-23(27)31/h2,4-5,12-17,32H,3,6-11H2,1H3,(H,33,34,35). The van der Waals surface area contributed by atoms with E-state index in [2.05, 4.69) is 25.5 Å². The maximum absolute atomic E-state index is 14.3. The molecule has 0 aliphatic carbocycles. The highest BCUT2D eigenvalue weighted by Crippen LogP contribution is 2.34. The zero-order valence-electron chi connectivity index (χ0n) is 20.9. The normalized spacial score (nSPS) is 14.0. The van der Waals surface area contributed by atoms with Gasteiger partial charge in [0, 0.05) is 56.0 Å². The molecule has 198 valence electrons. The summed E-state index contributed by atoms with van der Waals surface area (Å²) in [5, 5.41) is 7.12. The molecule has 4 aromatic rings. The second kappa shape index (κ2) is 11.7. The fourth-order valence-electron chi connectivity index (χ4n) is 4.50. The first-order valence-corrected chi connectivity index (χ1v) is 12.4. The van der Waals surface area contributed by atoms with Crippen molar-refractivity contribution in [3.05, 3.63) is 72.3 Å². The number of anilines is 3. The van der Waals surface area contributed by atoms with Crippen molar-refractivity contribution >= 4 is 28.1 Å². The third-order valence-electron chi connectivity index (χ3n) is 6.41. The summed E-state index contributed by atoms with van der Waals surface area (Å²) in [5.41, 5.74) is 1.99. The Balaban J connectivity index is 1.35. The van der Waals surface area contributed by atoms with Crippen LogP contribution < -0.4 is 15.4 Å². The van der Waals surface area contributed by atoms with Gasteiger partial charge in [-0.2, -0.15) is 0 Å². The van der Waals surface area contributed by atoms with Gasteiger partial charge in [0.15, 0.2) is 0 Å². The molecule has 10 heteroatoms. The van der Waals surface area contributed by atoms with Crippen molar-refractivity contribution in [2.45, 2.75) is 6.42 Å². The number of halogens is 3. The highest BCUT2D eigenvalue weighted by atomic mass is 19.1. The van der Waals surface area contributed by atoms with Gasteiger partial charge in [-0.1, -0.05) is 12.1 Å². The quantitative estimate of drug-likeness (QED) is 0.277. The Labute approximate surface area is 218 Å². The van der Waals surface area contributed by atoms with Gasteiger partial charge in [-0.3, -0.25) is 4.90 Å². The van der Waals surface area contributed by atoms with E-state index in [0.29, 0.717) is 41.5 Å². The van der Waals surface area contributed by atoms with Crippen LogP contribution in [-0.2, 0) is 4.74 Å². The van der Waals surface area contributed by atoms with E-state index >= 15 is 0 Å². The lowest BCUT2D eigenvalue weighted by atomic mass is 10.0. The molecule has 1 aromatic heterocycles. The van der Waals surface area contributed by atoms with Crippen LogP contribution in [0.4, 0.5) is 30.4 Å². The Bertz CT molecular complexity index is 1410. The molecule has 38 heavy (non-hydrogen) atoms. The topological polar surface area (TPSA) is 71.5 Å². The highest BCUT2D eigenvalue weighted by molar-refractivity contribution is 5.95. The predicted octanol–water partition coefficient (Wildman–Crippen LogP) is 5.60. The molecule has 3 aromatic carbocycles. The van der Waals surface area contributed by atoms with Crippen LogP contribution in [-0.4, -0.2) is 61.4 Å². The SMILES string of the molecule is CNc1cc2c(Nc3cccc(-c4c(F)cc(F)cc4F)c3)ncnc2cc1OCCCN1CCOCC1. The monoisotopic (exact) mass is 523 g/mol. The minimum Gasteiger partial charge on any atom is -0.491 e. The molecule has 0 saturated carbocycles. The fraction of sp³-hybridized carbons (Fsp3) is 0.286. The van der Waals surface area contributed by atoms with E-state index in [0.717, 1.165) is 50.3 Å². The molecule has 1 fully saturated rings. The first-order chi connectivity index (χ1) is 18.5. The number of morpholine rings is 1. The second-order valence-corrected chi connectivity index (χ2v) is 8.94. The molecule has 5 rings (SSSR count). The van der Waals surface area contributed by atoms with Gasteiger partial charge in [0.1, 0.15) is 35.3 Å². The van der Waals surface area contributed by atoms with Gasteiger partial charge in [0.2, 0.25) is 0 Å². The largest absolute Gasteiger partial charge is 0.491 e. The first kappa shape index (κ1) is 25.7. The molecular formula is C28H28F3N5O2. The number of fused-ring (bicyclic) bond motifs is 1. The molecule has 0 bridgehead atoms. The third kappa shape index (κ3) is 5.81. The van der Waals surface area contributed by atoms with E-state index in [1.54, 1.807) is 24.3 Å². The van der Waals surface area contributed by atoms with Gasteiger partial charge in [0.05, 0.1) is 36.6 Å². The molecule has 7 nitrogen and oxygen atoms in total. The van der Waals surface area contributed by atoms with Crippen LogP contribution in [0, 0.1) is 17.5 Å². The summed E-state index contributed by atoms with van der Waals surface area (Å²) in [6.45, 7) is 4.96. The maximum Gasteiger partial charge on any atom is 0.144 e. The number of hydrogen-bond donors (Lipinski definition) is 2. The maximum atomic E-state index is 14.3. The lowest BCUT2D eigenvalue weighted by molar-refractivity contribution is 0.0358. The number of nitrogens with zero attached hydrogens (tertiary/aromatic N) is 3. The van der Waals surface area contributed by atoms with Gasteiger partial charge in [-0.15, -0.1) is 0 Å². The van der Waals surface area contributed by atoms with Crippen LogP contribution in [0.15, 0.2) is 54.9 Å². The minimum absolute atomic E-state index is 0.270. The van der Waals surface area contributed by atoms with Gasteiger partial charge < -0.3 is 20.1 Å². The van der Waals surface area contributed by atoms with Crippen LogP contribution >= 0.6 is 0 Å². The smallest absolute Gasteiger partial charge is 0.144 e. The van der Waals surface area contributed by atoms with E-state index in [9.17, 15) is 13.2 Å². The number of ether oxygens (including phenoxy) is 2. The van der Waals surface area contributed by atoms with Crippen molar-refractivity contribution in [3.8, 4) is 16.9 Å². The molecule has 1 aliphatic rings. The molecule has 2 N–H and O–H groups in total. The van der Waals surface area contributed by atoms with Crippen molar-refractivity contribution < 1.29 is 22.6 Å². The molecule has 0 unspecified atom stereocenters. The summed E-state index contributed by atoms with van der Waals surface area (Å²) >= 11 is 0. The first-order valence-electron chi connectivity index (χ1n) is 12.4. The lowest BCUT2D eigenvalue weighted by Gasteiger charge is -2.26. The number of nitrogens with one attached hydrogen (secondary N) is 2. The van der Waals surface area contributed by atoms with Crippen LogP contribution in [0.3, 0.4) is 0 Å². The Morgan fingerprint density at radius 3 is 2.55 bits per heavy atom. The Morgan fingerprint density at radius 1 is 1.00 bits per heavy atom. The van der Waals surface area contributed by atoms with Gasteiger partial charge >= 0.3 is 0 Å². The average Bonchev–Trinajstić information content (AvgIpc) is 2.91. The van der Waals surface area contributed by atoms with Crippen molar-refractivity contribution in [1.29, 1.82) is 0 Å². The fourth-order valence-corrected chi connectivity index (χ4v) is 4.50. The summed E-state index contributed by atoms with van der Waals surface area (Å²) in [6, 6.07) is 11.6. The molecule has 1 saturated heterocycles. The molecule has 0 amide bonds. The Hall–Kier alpha value is -3.89. The number of rotatable bonds is 9. The number of aromatic nitrogens is 2. The van der Waals surface area contributed by atoms with Crippen LogP contribution in [0.25, 0.3) is 22.0 Å². The molecule has 2 heterocycles. The third-order valence-corrected chi connectivity index (χ3v) is 6.41. The summed E-state index contributed by atoms with van der Waals surface area (Å²) in [6.07, 6.45) is 2.33. The Kier molecular flexibility index (Phi) is 7.90. The Morgan fingerprint density at radius 2 is 1.79 bits per heavy atom. The zero-order valence-corrected chi connectivity index (χ0v) is 20.9. The van der Waals surface area contributed by atoms with Gasteiger partial charge in [-0.25, -0.2) is 23.1 Å². The van der Waals surface area contributed by atoms with E-state index in [1.807, 2.05) is 19.2 Å². The molecule has 1 aliphatic heterocycles.